The molecule has 1 amide bonds. The molecule has 1 aliphatic rings. The Kier molecular flexibility index (Phi) is 9.66. The topological polar surface area (TPSA) is 78.4 Å². The van der Waals surface area contributed by atoms with E-state index in [9.17, 15) is 4.79 Å². The molecule has 3 rings (SSSR count). The molecule has 2 aromatic rings. The Morgan fingerprint density at radius 1 is 1.21 bits per heavy atom. The van der Waals surface area contributed by atoms with Gasteiger partial charge < -0.3 is 16.0 Å². The summed E-state index contributed by atoms with van der Waals surface area (Å²) in [7, 11) is 1.74. The van der Waals surface area contributed by atoms with Crippen molar-refractivity contribution in [2.75, 3.05) is 18.9 Å². The number of halogens is 2. The standard InChI is InChI=1S/C21H26ClN5O.HI/c1-23-21(24-11-10-15-8-9-19(22)25-13-15)26-14-16-4-2-7-18(12-16)27-20(28)17-5-3-6-17;/h2,4,7-9,12-13,17H,3,5-6,10-11,14H2,1H3,(H,27,28)(H2,23,24,26);1H. The summed E-state index contributed by atoms with van der Waals surface area (Å²) in [6.45, 7) is 1.36. The SMILES string of the molecule is CN=C(NCCc1ccc(Cl)nc1)NCc1cccc(NC(=O)C2CCC2)c1.I. The van der Waals surface area contributed by atoms with Crippen molar-refractivity contribution < 1.29 is 4.79 Å². The molecule has 1 aromatic heterocycles. The van der Waals surface area contributed by atoms with E-state index in [0.717, 1.165) is 55.0 Å². The summed E-state index contributed by atoms with van der Waals surface area (Å²) in [6, 6.07) is 11.7. The molecule has 29 heavy (non-hydrogen) atoms. The number of rotatable bonds is 7. The second-order valence-corrected chi connectivity index (χ2v) is 7.30. The number of pyridine rings is 1. The molecule has 1 aliphatic carbocycles. The Hall–Kier alpha value is -1.87. The van der Waals surface area contributed by atoms with Gasteiger partial charge in [-0.25, -0.2) is 4.98 Å². The van der Waals surface area contributed by atoms with E-state index in [1.807, 2.05) is 30.3 Å². The lowest BCUT2D eigenvalue weighted by Gasteiger charge is -2.24. The minimum atomic E-state index is 0. The summed E-state index contributed by atoms with van der Waals surface area (Å²) in [6.07, 6.45) is 5.77. The molecule has 0 unspecified atom stereocenters. The molecule has 1 aromatic carbocycles. The molecule has 3 N–H and O–H groups in total. The van der Waals surface area contributed by atoms with Gasteiger partial charge in [0.15, 0.2) is 5.96 Å². The van der Waals surface area contributed by atoms with Gasteiger partial charge in [-0.05, 0) is 48.6 Å². The predicted octanol–water partition coefficient (Wildman–Crippen LogP) is 4.00. The molecule has 1 saturated carbocycles. The number of aliphatic imine (C=N–C) groups is 1. The Bertz CT molecular complexity index is 824. The summed E-state index contributed by atoms with van der Waals surface area (Å²) in [5.41, 5.74) is 3.04. The maximum Gasteiger partial charge on any atom is 0.227 e. The minimum absolute atomic E-state index is 0. The highest BCUT2D eigenvalue weighted by atomic mass is 127. The second kappa shape index (κ2) is 12.0. The average Bonchev–Trinajstić information content (AvgIpc) is 2.65. The molecule has 0 radical (unpaired) electrons. The fourth-order valence-electron chi connectivity index (χ4n) is 2.96. The first-order valence-electron chi connectivity index (χ1n) is 9.59. The fraction of sp³-hybridized carbons (Fsp3) is 0.381. The van der Waals surface area contributed by atoms with Gasteiger partial charge in [0.2, 0.25) is 5.91 Å². The maximum atomic E-state index is 12.1. The quantitative estimate of drug-likeness (QED) is 0.220. The van der Waals surface area contributed by atoms with Crippen molar-refractivity contribution in [3.8, 4) is 0 Å². The number of hydrogen-bond donors (Lipinski definition) is 3. The van der Waals surface area contributed by atoms with Crippen LogP contribution < -0.4 is 16.0 Å². The number of benzene rings is 1. The van der Waals surface area contributed by atoms with Crippen molar-refractivity contribution in [1.82, 2.24) is 15.6 Å². The Balaban J connectivity index is 0.00000300. The van der Waals surface area contributed by atoms with Gasteiger partial charge in [-0.2, -0.15) is 0 Å². The van der Waals surface area contributed by atoms with Crippen molar-refractivity contribution in [3.63, 3.8) is 0 Å². The molecule has 0 aliphatic heterocycles. The van der Waals surface area contributed by atoms with Gasteiger partial charge in [-0.15, -0.1) is 24.0 Å². The van der Waals surface area contributed by atoms with Crippen LogP contribution >= 0.6 is 35.6 Å². The highest BCUT2D eigenvalue weighted by Crippen LogP contribution is 2.27. The van der Waals surface area contributed by atoms with Gasteiger partial charge >= 0.3 is 0 Å². The van der Waals surface area contributed by atoms with Crippen LogP contribution in [0.5, 0.6) is 0 Å². The summed E-state index contributed by atoms with van der Waals surface area (Å²) in [5, 5.41) is 10.1. The predicted molar refractivity (Wildman–Crippen MR) is 129 cm³/mol. The van der Waals surface area contributed by atoms with Crippen LogP contribution in [0, 0.1) is 5.92 Å². The molecule has 0 bridgehead atoms. The number of carbonyl (C=O) groups excluding carboxylic acids is 1. The highest BCUT2D eigenvalue weighted by Gasteiger charge is 2.25. The molecule has 8 heteroatoms. The molecule has 156 valence electrons. The number of nitrogens with zero attached hydrogens (tertiary/aromatic N) is 2. The third-order valence-corrected chi connectivity index (χ3v) is 5.07. The lowest BCUT2D eigenvalue weighted by Crippen LogP contribution is -2.37. The number of hydrogen-bond acceptors (Lipinski definition) is 3. The zero-order chi connectivity index (χ0) is 19.8. The number of carbonyl (C=O) groups is 1. The molecule has 6 nitrogen and oxygen atoms in total. The van der Waals surface area contributed by atoms with Gasteiger partial charge in [0, 0.05) is 37.9 Å². The van der Waals surface area contributed by atoms with E-state index in [0.29, 0.717) is 11.7 Å². The van der Waals surface area contributed by atoms with Gasteiger partial charge in [0.05, 0.1) is 0 Å². The Morgan fingerprint density at radius 2 is 2.03 bits per heavy atom. The van der Waals surface area contributed by atoms with Gasteiger partial charge in [-0.3, -0.25) is 9.79 Å². The largest absolute Gasteiger partial charge is 0.356 e. The summed E-state index contributed by atoms with van der Waals surface area (Å²) in [4.78, 5) is 20.4. The van der Waals surface area contributed by atoms with Crippen molar-refractivity contribution in [2.24, 2.45) is 10.9 Å². The molecule has 1 fully saturated rings. The van der Waals surface area contributed by atoms with Crippen LogP contribution in [-0.4, -0.2) is 30.4 Å². The average molecular weight is 528 g/mol. The first-order valence-corrected chi connectivity index (χ1v) is 9.96. The minimum Gasteiger partial charge on any atom is -0.356 e. The van der Waals surface area contributed by atoms with Crippen LogP contribution in [-0.2, 0) is 17.8 Å². The molecular weight excluding hydrogens is 501 g/mol. The maximum absolute atomic E-state index is 12.1. The zero-order valence-electron chi connectivity index (χ0n) is 16.5. The van der Waals surface area contributed by atoms with E-state index in [2.05, 4.69) is 25.9 Å². The summed E-state index contributed by atoms with van der Waals surface area (Å²) in [5.74, 6) is 1.04. The Morgan fingerprint density at radius 3 is 2.69 bits per heavy atom. The molecular formula is C21H27ClIN5O. The number of amides is 1. The first kappa shape index (κ1) is 23.4. The van der Waals surface area contributed by atoms with Crippen LogP contribution in [0.15, 0.2) is 47.6 Å². The van der Waals surface area contributed by atoms with Crippen LogP contribution in [0.2, 0.25) is 5.15 Å². The van der Waals surface area contributed by atoms with Crippen molar-refractivity contribution in [3.05, 3.63) is 58.9 Å². The third kappa shape index (κ3) is 7.47. The zero-order valence-corrected chi connectivity index (χ0v) is 19.5. The highest BCUT2D eigenvalue weighted by molar-refractivity contribution is 14.0. The third-order valence-electron chi connectivity index (χ3n) is 4.85. The van der Waals surface area contributed by atoms with E-state index in [1.54, 1.807) is 19.3 Å². The van der Waals surface area contributed by atoms with Gasteiger partial charge in [0.1, 0.15) is 5.15 Å². The van der Waals surface area contributed by atoms with Crippen LogP contribution in [0.4, 0.5) is 5.69 Å². The van der Waals surface area contributed by atoms with Crippen LogP contribution in [0.25, 0.3) is 0 Å². The van der Waals surface area contributed by atoms with E-state index in [1.165, 1.54) is 0 Å². The molecule has 1 heterocycles. The molecule has 0 saturated heterocycles. The molecule has 0 spiro atoms. The van der Waals surface area contributed by atoms with Crippen LogP contribution in [0.3, 0.4) is 0 Å². The number of anilines is 1. The van der Waals surface area contributed by atoms with E-state index >= 15 is 0 Å². The molecule has 0 atom stereocenters. The summed E-state index contributed by atoms with van der Waals surface area (Å²) < 4.78 is 0. The normalized spacial score (nSPS) is 13.8. The van der Waals surface area contributed by atoms with E-state index in [-0.39, 0.29) is 35.8 Å². The lowest BCUT2D eigenvalue weighted by molar-refractivity contribution is -0.122. The van der Waals surface area contributed by atoms with Crippen molar-refractivity contribution in [1.29, 1.82) is 0 Å². The van der Waals surface area contributed by atoms with Crippen molar-refractivity contribution >= 4 is 53.1 Å². The fourth-order valence-corrected chi connectivity index (χ4v) is 3.07. The van der Waals surface area contributed by atoms with E-state index in [4.69, 9.17) is 11.6 Å². The number of aromatic nitrogens is 1. The first-order chi connectivity index (χ1) is 13.6. The number of nitrogens with one attached hydrogen (secondary N) is 3. The van der Waals surface area contributed by atoms with E-state index < -0.39 is 0 Å². The second-order valence-electron chi connectivity index (χ2n) is 6.91. The Labute approximate surface area is 194 Å². The lowest BCUT2D eigenvalue weighted by atomic mass is 9.85. The monoisotopic (exact) mass is 527 g/mol. The smallest absolute Gasteiger partial charge is 0.227 e. The van der Waals surface area contributed by atoms with Crippen LogP contribution in [0.1, 0.15) is 30.4 Å². The number of guanidine groups is 1. The van der Waals surface area contributed by atoms with Crippen molar-refractivity contribution in [2.45, 2.75) is 32.2 Å². The van der Waals surface area contributed by atoms with Gasteiger partial charge in [-0.1, -0.05) is 36.2 Å². The summed E-state index contributed by atoms with van der Waals surface area (Å²) >= 11 is 5.80. The van der Waals surface area contributed by atoms with Gasteiger partial charge in [0.25, 0.3) is 0 Å².